The van der Waals surface area contributed by atoms with Crippen LogP contribution in [0.2, 0.25) is 0 Å². The van der Waals surface area contributed by atoms with E-state index in [1.165, 1.54) is 6.54 Å². The van der Waals surface area contributed by atoms with Gasteiger partial charge in [-0.15, -0.1) is 0 Å². The molecule has 0 aromatic carbocycles. The summed E-state index contributed by atoms with van der Waals surface area (Å²) in [5, 5.41) is 5.05. The molecule has 1 aliphatic rings. The zero-order valence-electron chi connectivity index (χ0n) is 6.35. The van der Waals surface area contributed by atoms with Crippen LogP contribution in [0.1, 0.15) is 20.8 Å². The summed E-state index contributed by atoms with van der Waals surface area (Å²) >= 11 is 2.09. The van der Waals surface area contributed by atoms with Crippen LogP contribution in [-0.4, -0.2) is 23.1 Å². The van der Waals surface area contributed by atoms with E-state index in [4.69, 9.17) is 0 Å². The van der Waals surface area contributed by atoms with Gasteiger partial charge in [-0.05, 0) is 6.92 Å². The second-order valence-electron chi connectivity index (χ2n) is 2.85. The Kier molecular flexibility index (Phi) is 2.42. The van der Waals surface area contributed by atoms with Gasteiger partial charge in [0.25, 0.3) is 0 Å². The molecule has 0 aromatic rings. The van der Waals surface area contributed by atoms with Gasteiger partial charge in [-0.1, -0.05) is 13.8 Å². The fourth-order valence-corrected chi connectivity index (χ4v) is 2.31. The molecule has 0 aromatic heterocycles. The fraction of sp³-hybridized carbons (Fsp3) is 1.00. The quantitative estimate of drug-likeness (QED) is 0.554. The van der Waals surface area contributed by atoms with E-state index in [2.05, 4.69) is 37.8 Å². The second kappa shape index (κ2) is 2.93. The van der Waals surface area contributed by atoms with Crippen molar-refractivity contribution in [2.24, 2.45) is 0 Å². The molecule has 0 bridgehead atoms. The zero-order valence-corrected chi connectivity index (χ0v) is 7.16. The molecule has 54 valence electrons. The Labute approximate surface area is 61.6 Å². The van der Waals surface area contributed by atoms with Crippen molar-refractivity contribution in [1.82, 2.24) is 5.32 Å². The van der Waals surface area contributed by atoms with Crippen molar-refractivity contribution in [2.45, 2.75) is 37.3 Å². The van der Waals surface area contributed by atoms with Gasteiger partial charge in [0.2, 0.25) is 0 Å². The first kappa shape index (κ1) is 7.42. The molecular formula is C7H15NS. The van der Waals surface area contributed by atoms with Gasteiger partial charge in [-0.3, -0.25) is 0 Å². The Hall–Kier alpha value is 0.310. The largest absolute Gasteiger partial charge is 0.312 e. The smallest absolute Gasteiger partial charge is 0.0173 e. The molecule has 9 heavy (non-hydrogen) atoms. The van der Waals surface area contributed by atoms with Crippen LogP contribution in [0.15, 0.2) is 0 Å². The summed E-state index contributed by atoms with van der Waals surface area (Å²) < 4.78 is 0. The first-order valence-electron chi connectivity index (χ1n) is 3.59. The molecule has 1 saturated heterocycles. The lowest BCUT2D eigenvalue weighted by Crippen LogP contribution is -2.43. The number of rotatable bonds is 0. The average molecular weight is 145 g/mol. The fourth-order valence-electron chi connectivity index (χ4n) is 1.05. The molecule has 1 rings (SSSR count). The maximum Gasteiger partial charge on any atom is 0.0173 e. The minimum atomic E-state index is 0.700. The van der Waals surface area contributed by atoms with Crippen LogP contribution in [0.3, 0.4) is 0 Å². The Morgan fingerprint density at radius 1 is 1.33 bits per heavy atom. The van der Waals surface area contributed by atoms with Gasteiger partial charge in [0.15, 0.2) is 0 Å². The van der Waals surface area contributed by atoms with E-state index in [0.717, 1.165) is 10.5 Å². The highest BCUT2D eigenvalue weighted by atomic mass is 32.2. The van der Waals surface area contributed by atoms with Gasteiger partial charge in [-0.2, -0.15) is 11.8 Å². The molecular weight excluding hydrogens is 130 g/mol. The van der Waals surface area contributed by atoms with E-state index in [0.29, 0.717) is 6.04 Å². The molecule has 0 saturated carbocycles. The summed E-state index contributed by atoms with van der Waals surface area (Å²) in [5.41, 5.74) is 0. The first-order valence-corrected chi connectivity index (χ1v) is 4.53. The normalized spacial score (nSPS) is 45.0. The number of thioether (sulfide) groups is 1. The van der Waals surface area contributed by atoms with Gasteiger partial charge in [0.05, 0.1) is 0 Å². The maximum atomic E-state index is 3.46. The van der Waals surface area contributed by atoms with Crippen molar-refractivity contribution in [3.05, 3.63) is 0 Å². The number of nitrogens with one attached hydrogen (secondary N) is 1. The Morgan fingerprint density at radius 2 is 2.00 bits per heavy atom. The summed E-state index contributed by atoms with van der Waals surface area (Å²) in [5.74, 6) is 0. The lowest BCUT2D eigenvalue weighted by molar-refractivity contribution is 0.524. The second-order valence-corrected chi connectivity index (χ2v) is 4.67. The molecule has 3 unspecified atom stereocenters. The molecule has 1 aliphatic heterocycles. The van der Waals surface area contributed by atoms with Crippen molar-refractivity contribution >= 4 is 11.8 Å². The van der Waals surface area contributed by atoms with Crippen LogP contribution in [0.5, 0.6) is 0 Å². The SMILES string of the molecule is CC1CNC(C)C(C)S1. The van der Waals surface area contributed by atoms with Crippen molar-refractivity contribution in [2.75, 3.05) is 6.54 Å². The molecule has 0 radical (unpaired) electrons. The molecule has 0 aliphatic carbocycles. The maximum absolute atomic E-state index is 3.46. The summed E-state index contributed by atoms with van der Waals surface area (Å²) in [6.45, 7) is 8.00. The third kappa shape index (κ3) is 1.87. The summed E-state index contributed by atoms with van der Waals surface area (Å²) in [7, 11) is 0. The standard InChI is InChI=1S/C7H15NS/c1-5-4-8-6(2)7(3)9-5/h5-8H,4H2,1-3H3. The third-order valence-corrected chi connectivity index (χ3v) is 3.35. The predicted octanol–water partition coefficient (Wildman–Crippen LogP) is 1.49. The van der Waals surface area contributed by atoms with Crippen LogP contribution < -0.4 is 5.32 Å². The molecule has 0 amide bonds. The molecule has 1 nitrogen and oxygen atoms in total. The monoisotopic (exact) mass is 145 g/mol. The number of hydrogen-bond acceptors (Lipinski definition) is 2. The molecule has 1 fully saturated rings. The van der Waals surface area contributed by atoms with Gasteiger partial charge < -0.3 is 5.32 Å². The molecule has 2 heteroatoms. The van der Waals surface area contributed by atoms with Gasteiger partial charge in [0, 0.05) is 23.1 Å². The van der Waals surface area contributed by atoms with E-state index in [9.17, 15) is 0 Å². The van der Waals surface area contributed by atoms with Gasteiger partial charge in [-0.25, -0.2) is 0 Å². The average Bonchev–Trinajstić information content (AvgIpc) is 1.80. The third-order valence-electron chi connectivity index (χ3n) is 1.88. The van der Waals surface area contributed by atoms with Crippen LogP contribution in [0.4, 0.5) is 0 Å². The lowest BCUT2D eigenvalue weighted by Gasteiger charge is -2.30. The summed E-state index contributed by atoms with van der Waals surface area (Å²) in [4.78, 5) is 0. The van der Waals surface area contributed by atoms with Crippen LogP contribution >= 0.6 is 11.8 Å². The van der Waals surface area contributed by atoms with E-state index in [1.54, 1.807) is 0 Å². The molecule has 0 spiro atoms. The Balaban J connectivity index is 2.35. The zero-order chi connectivity index (χ0) is 6.85. The van der Waals surface area contributed by atoms with Crippen molar-refractivity contribution in [3.8, 4) is 0 Å². The highest BCUT2D eigenvalue weighted by Gasteiger charge is 2.20. The van der Waals surface area contributed by atoms with Crippen LogP contribution in [0, 0.1) is 0 Å². The first-order chi connectivity index (χ1) is 4.20. The molecule has 1 heterocycles. The van der Waals surface area contributed by atoms with Gasteiger partial charge in [0.1, 0.15) is 0 Å². The van der Waals surface area contributed by atoms with E-state index in [1.807, 2.05) is 0 Å². The highest BCUT2D eigenvalue weighted by Crippen LogP contribution is 2.23. The Morgan fingerprint density at radius 3 is 2.44 bits per heavy atom. The minimum absolute atomic E-state index is 0.700. The van der Waals surface area contributed by atoms with Crippen molar-refractivity contribution in [1.29, 1.82) is 0 Å². The van der Waals surface area contributed by atoms with Crippen molar-refractivity contribution in [3.63, 3.8) is 0 Å². The van der Waals surface area contributed by atoms with Crippen molar-refractivity contribution < 1.29 is 0 Å². The van der Waals surface area contributed by atoms with E-state index < -0.39 is 0 Å². The predicted molar refractivity (Wildman–Crippen MR) is 44.0 cm³/mol. The topological polar surface area (TPSA) is 12.0 Å². The Bertz CT molecular complexity index is 94.9. The van der Waals surface area contributed by atoms with E-state index in [-0.39, 0.29) is 0 Å². The van der Waals surface area contributed by atoms with Gasteiger partial charge >= 0.3 is 0 Å². The number of hydrogen-bond donors (Lipinski definition) is 1. The highest BCUT2D eigenvalue weighted by molar-refractivity contribution is 8.00. The molecule has 1 N–H and O–H groups in total. The summed E-state index contributed by atoms with van der Waals surface area (Å²) in [6, 6.07) is 0.700. The van der Waals surface area contributed by atoms with Crippen LogP contribution in [-0.2, 0) is 0 Å². The minimum Gasteiger partial charge on any atom is -0.312 e. The molecule has 3 atom stereocenters. The lowest BCUT2D eigenvalue weighted by atomic mass is 10.2. The summed E-state index contributed by atoms with van der Waals surface area (Å²) in [6.07, 6.45) is 0. The van der Waals surface area contributed by atoms with Crippen LogP contribution in [0.25, 0.3) is 0 Å². The van der Waals surface area contributed by atoms with E-state index >= 15 is 0 Å².